The molecule has 0 bridgehead atoms. The summed E-state index contributed by atoms with van der Waals surface area (Å²) in [6.45, 7) is 6.89. The number of ether oxygens (including phenoxy) is 1. The molecule has 21 heavy (non-hydrogen) atoms. The van der Waals surface area contributed by atoms with Crippen LogP contribution in [0.4, 0.5) is 8.78 Å². The van der Waals surface area contributed by atoms with Gasteiger partial charge in [0.1, 0.15) is 5.75 Å². The number of nitrogens with zero attached hydrogens (tertiary/aromatic N) is 1. The molecule has 1 aromatic rings. The van der Waals surface area contributed by atoms with Crippen LogP contribution in [0, 0.1) is 13.8 Å². The fraction of sp³-hybridized carbons (Fsp3) is 0.600. The lowest BCUT2D eigenvalue weighted by atomic mass is 10.0. The first-order valence-corrected chi connectivity index (χ1v) is 6.96. The van der Waals surface area contributed by atoms with Crippen molar-refractivity contribution in [3.8, 4) is 5.75 Å². The zero-order valence-electron chi connectivity index (χ0n) is 12.7. The van der Waals surface area contributed by atoms with Gasteiger partial charge in [-0.15, -0.1) is 12.4 Å². The predicted octanol–water partition coefficient (Wildman–Crippen LogP) is 3.12. The molecule has 0 aliphatic carbocycles. The van der Waals surface area contributed by atoms with Crippen LogP contribution in [-0.2, 0) is 6.54 Å². The van der Waals surface area contributed by atoms with Crippen LogP contribution in [-0.4, -0.2) is 37.2 Å². The Kier molecular flexibility index (Phi) is 6.84. The van der Waals surface area contributed by atoms with E-state index in [1.807, 2.05) is 26.0 Å². The van der Waals surface area contributed by atoms with E-state index in [4.69, 9.17) is 0 Å². The third-order valence-corrected chi connectivity index (χ3v) is 3.59. The molecule has 2 rings (SSSR count). The summed E-state index contributed by atoms with van der Waals surface area (Å²) in [7, 11) is 0. The topological polar surface area (TPSA) is 24.5 Å². The Labute approximate surface area is 131 Å². The monoisotopic (exact) mass is 320 g/mol. The Morgan fingerprint density at radius 1 is 1.33 bits per heavy atom. The second kappa shape index (κ2) is 7.92. The first-order valence-electron chi connectivity index (χ1n) is 6.96. The van der Waals surface area contributed by atoms with E-state index in [0.29, 0.717) is 11.8 Å². The van der Waals surface area contributed by atoms with Crippen molar-refractivity contribution in [3.63, 3.8) is 0 Å². The van der Waals surface area contributed by atoms with Crippen molar-refractivity contribution in [2.45, 2.75) is 40.0 Å². The normalized spacial score (nSPS) is 19.4. The van der Waals surface area contributed by atoms with Gasteiger partial charge < -0.3 is 10.1 Å². The average Bonchev–Trinajstić information content (AvgIpc) is 2.33. The molecule has 1 fully saturated rings. The van der Waals surface area contributed by atoms with Gasteiger partial charge in [-0.3, -0.25) is 4.90 Å². The number of hydrogen-bond donors (Lipinski definition) is 1. The molecule has 1 N–H and O–H groups in total. The third kappa shape index (κ3) is 5.09. The number of piperazine rings is 1. The molecule has 0 amide bonds. The molecular weight excluding hydrogens is 298 g/mol. The lowest BCUT2D eigenvalue weighted by Crippen LogP contribution is -2.48. The highest BCUT2D eigenvalue weighted by molar-refractivity contribution is 5.85. The van der Waals surface area contributed by atoms with Crippen LogP contribution in [0.3, 0.4) is 0 Å². The number of hydrogen-bond acceptors (Lipinski definition) is 3. The molecule has 1 heterocycles. The maximum atomic E-state index is 12.4. The Morgan fingerprint density at radius 2 is 1.95 bits per heavy atom. The van der Waals surface area contributed by atoms with E-state index in [2.05, 4.69) is 21.9 Å². The molecule has 3 nitrogen and oxygen atoms in total. The van der Waals surface area contributed by atoms with Gasteiger partial charge in [0.2, 0.25) is 0 Å². The average molecular weight is 321 g/mol. The van der Waals surface area contributed by atoms with E-state index in [0.717, 1.165) is 42.9 Å². The van der Waals surface area contributed by atoms with Gasteiger partial charge in [-0.25, -0.2) is 0 Å². The minimum absolute atomic E-state index is 0. The van der Waals surface area contributed by atoms with E-state index in [1.54, 1.807) is 0 Å². The van der Waals surface area contributed by atoms with Crippen molar-refractivity contribution in [3.05, 3.63) is 28.8 Å². The zero-order chi connectivity index (χ0) is 14.7. The highest BCUT2D eigenvalue weighted by Crippen LogP contribution is 2.27. The van der Waals surface area contributed by atoms with Gasteiger partial charge >= 0.3 is 6.61 Å². The molecule has 1 saturated heterocycles. The van der Waals surface area contributed by atoms with Crippen LogP contribution < -0.4 is 10.1 Å². The van der Waals surface area contributed by atoms with Crippen LogP contribution >= 0.6 is 12.4 Å². The summed E-state index contributed by atoms with van der Waals surface area (Å²) >= 11 is 0. The highest BCUT2D eigenvalue weighted by atomic mass is 35.5. The Hall–Kier alpha value is -0.910. The molecule has 1 aliphatic heterocycles. The zero-order valence-corrected chi connectivity index (χ0v) is 13.5. The number of rotatable bonds is 4. The predicted molar refractivity (Wildman–Crippen MR) is 82.5 cm³/mol. The first kappa shape index (κ1) is 18.1. The van der Waals surface area contributed by atoms with Gasteiger partial charge in [0.25, 0.3) is 0 Å². The Balaban J connectivity index is 0.00000220. The molecule has 6 heteroatoms. The number of aryl methyl sites for hydroxylation is 2. The summed E-state index contributed by atoms with van der Waals surface area (Å²) in [4.78, 5) is 2.38. The van der Waals surface area contributed by atoms with E-state index < -0.39 is 6.61 Å². The van der Waals surface area contributed by atoms with E-state index in [-0.39, 0.29) is 12.4 Å². The highest BCUT2D eigenvalue weighted by Gasteiger charge is 2.17. The fourth-order valence-electron chi connectivity index (χ4n) is 2.82. The standard InChI is InChI=1S/C15H22F2N2O.ClH/c1-10-6-13(7-11(2)14(10)20-15(16)17)9-19-5-4-18-12(3)8-19;/h6-7,12,15,18H,4-5,8-9H2,1-3H3;1H/t12-;/m0./s1. The molecule has 1 atom stereocenters. The summed E-state index contributed by atoms with van der Waals surface area (Å²) in [5.41, 5.74) is 2.68. The molecule has 1 aliphatic rings. The summed E-state index contributed by atoms with van der Waals surface area (Å²) < 4.78 is 29.3. The van der Waals surface area contributed by atoms with Crippen molar-refractivity contribution in [2.24, 2.45) is 0 Å². The fourth-order valence-corrected chi connectivity index (χ4v) is 2.82. The van der Waals surface area contributed by atoms with Crippen LogP contribution in [0.2, 0.25) is 0 Å². The third-order valence-electron chi connectivity index (χ3n) is 3.59. The second-order valence-electron chi connectivity index (χ2n) is 5.53. The number of benzene rings is 1. The van der Waals surface area contributed by atoms with Crippen molar-refractivity contribution in [1.29, 1.82) is 0 Å². The van der Waals surface area contributed by atoms with Gasteiger partial charge in [0.05, 0.1) is 0 Å². The first-order chi connectivity index (χ1) is 9.45. The summed E-state index contributed by atoms with van der Waals surface area (Å²) in [6.07, 6.45) is 0. The lowest BCUT2D eigenvalue weighted by molar-refractivity contribution is -0.0507. The molecule has 0 radical (unpaired) electrons. The second-order valence-corrected chi connectivity index (χ2v) is 5.53. The van der Waals surface area contributed by atoms with Crippen molar-refractivity contribution < 1.29 is 13.5 Å². The molecule has 0 unspecified atom stereocenters. The Bertz CT molecular complexity index is 448. The molecule has 120 valence electrons. The summed E-state index contributed by atoms with van der Waals surface area (Å²) in [5.74, 6) is 0.303. The van der Waals surface area contributed by atoms with Gasteiger partial charge in [-0.05, 0) is 37.5 Å². The summed E-state index contributed by atoms with van der Waals surface area (Å²) in [5, 5.41) is 3.41. The van der Waals surface area contributed by atoms with E-state index >= 15 is 0 Å². The van der Waals surface area contributed by atoms with Gasteiger partial charge in [0, 0.05) is 32.2 Å². The quantitative estimate of drug-likeness (QED) is 0.922. The SMILES string of the molecule is Cc1cc(CN2CCN[C@@H](C)C2)cc(C)c1OC(F)F.Cl. The molecule has 0 aromatic heterocycles. The number of nitrogens with one attached hydrogen (secondary N) is 1. The number of halogens is 3. The molecule has 0 saturated carbocycles. The summed E-state index contributed by atoms with van der Waals surface area (Å²) in [6, 6.07) is 4.38. The van der Waals surface area contributed by atoms with Crippen LogP contribution in [0.5, 0.6) is 5.75 Å². The van der Waals surface area contributed by atoms with Gasteiger partial charge in [-0.1, -0.05) is 12.1 Å². The minimum Gasteiger partial charge on any atom is -0.434 e. The molecular formula is C15H23ClF2N2O. The van der Waals surface area contributed by atoms with Crippen molar-refractivity contribution in [1.82, 2.24) is 10.2 Å². The molecule has 1 aromatic carbocycles. The van der Waals surface area contributed by atoms with Crippen molar-refractivity contribution >= 4 is 12.4 Å². The van der Waals surface area contributed by atoms with E-state index in [1.165, 1.54) is 0 Å². The maximum Gasteiger partial charge on any atom is 0.387 e. The van der Waals surface area contributed by atoms with Crippen LogP contribution in [0.15, 0.2) is 12.1 Å². The van der Waals surface area contributed by atoms with Crippen LogP contribution in [0.25, 0.3) is 0 Å². The maximum absolute atomic E-state index is 12.4. The van der Waals surface area contributed by atoms with Crippen LogP contribution in [0.1, 0.15) is 23.6 Å². The Morgan fingerprint density at radius 3 is 2.48 bits per heavy atom. The smallest absolute Gasteiger partial charge is 0.387 e. The largest absolute Gasteiger partial charge is 0.434 e. The number of alkyl halides is 2. The van der Waals surface area contributed by atoms with E-state index in [9.17, 15) is 8.78 Å². The van der Waals surface area contributed by atoms with Crippen molar-refractivity contribution in [2.75, 3.05) is 19.6 Å². The lowest BCUT2D eigenvalue weighted by Gasteiger charge is -2.32. The van der Waals surface area contributed by atoms with Gasteiger partial charge in [-0.2, -0.15) is 8.78 Å². The minimum atomic E-state index is -2.77. The van der Waals surface area contributed by atoms with Gasteiger partial charge in [0.15, 0.2) is 0 Å². The molecule has 0 spiro atoms.